The van der Waals surface area contributed by atoms with Gasteiger partial charge in [0.05, 0.1) is 8.41 Å². The Morgan fingerprint density at radius 2 is 1.00 bits per heavy atom. The third kappa shape index (κ3) is 9.00. The Labute approximate surface area is 105 Å². The van der Waals surface area contributed by atoms with Crippen LogP contribution in [0.15, 0.2) is 0 Å². The maximum Gasteiger partial charge on any atom is 0.0814 e. The van der Waals surface area contributed by atoms with Crippen LogP contribution in [0.25, 0.3) is 0 Å². The predicted octanol–water partition coefficient (Wildman–Crippen LogP) is -1.19. The second-order valence-corrected chi connectivity index (χ2v) is 0. The van der Waals surface area contributed by atoms with E-state index in [0.29, 0.717) is 0 Å². The molecule has 0 aliphatic rings. The molecule has 0 aromatic heterocycles. The molecule has 0 atom stereocenters. The molecule has 0 aromatic carbocycles. The smallest absolute Gasteiger partial charge is 0 e. The largest absolute Gasteiger partial charge is 0.0814 e. The first kappa shape index (κ1) is 26.6. The van der Waals surface area contributed by atoms with E-state index >= 15 is 0 Å². The summed E-state index contributed by atoms with van der Waals surface area (Å²) in [5.74, 6) is 0. The summed E-state index contributed by atoms with van der Waals surface area (Å²) in [4.78, 5) is 0. The summed E-state index contributed by atoms with van der Waals surface area (Å²) < 4.78 is 0. The molecule has 21 valence electrons. The van der Waals surface area contributed by atoms with E-state index < -0.39 is 0 Å². The molecule has 0 N–H and O–H groups in total. The van der Waals surface area contributed by atoms with Crippen LogP contribution in [0.5, 0.6) is 0 Å². The van der Waals surface area contributed by atoms with Gasteiger partial charge in [0.25, 0.3) is 0 Å². The van der Waals surface area contributed by atoms with Crippen molar-refractivity contribution in [2.45, 2.75) is 0 Å². The molecule has 0 rings (SSSR count). The molecule has 0 fully saturated rings. The van der Waals surface area contributed by atoms with Crippen LogP contribution in [0, 0.1) is 82.1 Å². The van der Waals surface area contributed by atoms with Crippen molar-refractivity contribution in [3.63, 3.8) is 0 Å². The van der Waals surface area contributed by atoms with Crippen molar-refractivity contribution in [3.8, 4) is 0 Å². The van der Waals surface area contributed by atoms with E-state index in [1.807, 2.05) is 0 Å². The number of hydrogen-bond donors (Lipinski definition) is 0. The fourth-order valence-electron chi connectivity index (χ4n) is 0. The van der Waals surface area contributed by atoms with E-state index in [2.05, 4.69) is 0 Å². The Morgan fingerprint density at radius 3 is 1.00 bits per heavy atom. The van der Waals surface area contributed by atoms with Gasteiger partial charge in [-0.25, -0.2) is 0 Å². The molecule has 4 heteroatoms. The molecule has 0 aliphatic carbocycles. The minimum absolute atomic E-state index is 0. The average molecular weight is 355 g/mol. The van der Waals surface area contributed by atoms with Crippen LogP contribution in [0.3, 0.4) is 0 Å². The zero-order valence-corrected chi connectivity index (χ0v) is 9.45. The van der Waals surface area contributed by atoms with Crippen molar-refractivity contribution in [2.75, 3.05) is 0 Å². The first-order valence-corrected chi connectivity index (χ1v) is 0. The fourth-order valence-corrected chi connectivity index (χ4v) is 0. The minimum Gasteiger partial charge on any atom is 0 e. The predicted molar refractivity (Wildman–Crippen MR) is 9.94 cm³/mol. The van der Waals surface area contributed by atoms with Gasteiger partial charge in [-0.1, -0.05) is 0 Å². The van der Waals surface area contributed by atoms with Crippen LogP contribution in [0.4, 0.5) is 0 Å². The summed E-state index contributed by atoms with van der Waals surface area (Å²) in [5, 5.41) is 0. The van der Waals surface area contributed by atoms with Crippen molar-refractivity contribution in [3.05, 3.63) is 0 Å². The third-order valence-corrected chi connectivity index (χ3v) is 0. The summed E-state index contributed by atoms with van der Waals surface area (Å²) in [6.45, 7) is 0. The molecule has 4 heavy (non-hydrogen) atoms. The molecule has 0 bridgehead atoms. The molecule has 0 saturated heterocycles. The van der Waals surface area contributed by atoms with E-state index in [9.17, 15) is 0 Å². The van der Waals surface area contributed by atoms with Gasteiger partial charge in [0.15, 0.2) is 0 Å². The van der Waals surface area contributed by atoms with Crippen molar-refractivity contribution >= 4 is 8.41 Å². The van der Waals surface area contributed by atoms with Gasteiger partial charge in [0, 0.05) is 99.2 Å². The average Bonchev–Trinajstić information content (AvgIpc) is 0. The zero-order valence-electron chi connectivity index (χ0n) is 1.43. The molecule has 0 spiro atoms. The van der Waals surface area contributed by atoms with E-state index in [0.717, 1.165) is 0 Å². The molecule has 0 nitrogen and oxygen atoms in total. The summed E-state index contributed by atoms with van der Waals surface area (Å²) in [5.41, 5.74) is 0. The van der Waals surface area contributed by atoms with Crippen molar-refractivity contribution in [1.29, 1.82) is 0 Å². The van der Waals surface area contributed by atoms with Crippen LogP contribution >= 0.6 is 0 Å². The van der Waals surface area contributed by atoms with Crippen LogP contribution in [0.1, 0.15) is 0 Å². The summed E-state index contributed by atoms with van der Waals surface area (Å²) >= 11 is 0. The Bertz CT molecular complexity index is 8.00. The second-order valence-electron chi connectivity index (χ2n) is 0. The van der Waals surface area contributed by atoms with Crippen molar-refractivity contribution < 1.29 is 99.2 Å². The third-order valence-electron chi connectivity index (χ3n) is 0. The quantitative estimate of drug-likeness (QED) is 0.480. The van der Waals surface area contributed by atoms with Gasteiger partial charge in [-0.05, 0) is 0 Å². The molecule has 1 radical (unpaired) electrons. The molecule has 0 amide bonds. The monoisotopic (exact) mass is 353 g/mol. The van der Waals surface area contributed by atoms with Crippen molar-refractivity contribution in [1.82, 2.24) is 0 Å². The Kier molecular flexibility index (Phi) is 108. The molecule has 0 aliphatic heterocycles. The van der Waals surface area contributed by atoms with E-state index in [-0.39, 0.29) is 108 Å². The van der Waals surface area contributed by atoms with Gasteiger partial charge in [-0.15, -0.1) is 0 Å². The summed E-state index contributed by atoms with van der Waals surface area (Å²) in [6.07, 6.45) is 0. The Balaban J connectivity index is 0. The molecular weight excluding hydrogens is 352 g/mol. The van der Waals surface area contributed by atoms with Crippen LogP contribution in [0.2, 0.25) is 0 Å². The normalized spacial score (nSPS) is 0. The van der Waals surface area contributed by atoms with Gasteiger partial charge < -0.3 is 0 Å². The van der Waals surface area contributed by atoms with E-state index in [1.165, 1.54) is 0 Å². The zero-order chi connectivity index (χ0) is 0. The van der Waals surface area contributed by atoms with Crippen molar-refractivity contribution in [2.24, 2.45) is 0 Å². The van der Waals surface area contributed by atoms with Crippen LogP contribution in [-0.4, -0.2) is 8.41 Å². The molecular formula is H3BFeNdPr. The SMILES string of the molecule is B.[Fe].[Nd].[Pr]. The maximum absolute atomic E-state index is 0. The fraction of sp³-hybridized carbons (Fsp3) is 0. The van der Waals surface area contributed by atoms with Gasteiger partial charge in [-0.2, -0.15) is 0 Å². The number of rotatable bonds is 0. The summed E-state index contributed by atoms with van der Waals surface area (Å²) in [6, 6.07) is 0. The van der Waals surface area contributed by atoms with E-state index in [1.54, 1.807) is 0 Å². The summed E-state index contributed by atoms with van der Waals surface area (Å²) in [7, 11) is 0. The minimum atomic E-state index is 0. The van der Waals surface area contributed by atoms with E-state index in [4.69, 9.17) is 0 Å². The van der Waals surface area contributed by atoms with Gasteiger partial charge in [0.2, 0.25) is 0 Å². The number of hydrogen-bond acceptors (Lipinski definition) is 0. The molecule has 0 aromatic rings. The topological polar surface area (TPSA) is 0 Å². The Hall–Kier alpha value is 3.30. The molecule has 0 saturated carbocycles. The second kappa shape index (κ2) is 16.3. The van der Waals surface area contributed by atoms with Gasteiger partial charge in [-0.3, -0.25) is 0 Å². The first-order chi connectivity index (χ1) is 0. The van der Waals surface area contributed by atoms with Crippen LogP contribution < -0.4 is 0 Å². The van der Waals surface area contributed by atoms with Crippen LogP contribution in [-0.2, 0) is 17.1 Å². The Morgan fingerprint density at radius 1 is 1.00 bits per heavy atom. The maximum atomic E-state index is 0. The first-order valence-electron chi connectivity index (χ1n) is 0. The van der Waals surface area contributed by atoms with Gasteiger partial charge >= 0.3 is 0 Å². The standard InChI is InChI=1S/BH3.Fe.Nd.Pr/h1H3;;;. The van der Waals surface area contributed by atoms with Gasteiger partial charge in [0.1, 0.15) is 0 Å². The molecule has 0 unspecified atom stereocenters. The molecule has 0 heterocycles.